The van der Waals surface area contributed by atoms with Gasteiger partial charge < -0.3 is 5.32 Å². The van der Waals surface area contributed by atoms with E-state index in [-0.39, 0.29) is 0 Å². The number of fused-ring (bicyclic) bond motifs is 1. The Kier molecular flexibility index (Phi) is 4.09. The molecule has 21 heavy (non-hydrogen) atoms. The Balaban J connectivity index is 1.74. The van der Waals surface area contributed by atoms with E-state index in [4.69, 9.17) is 0 Å². The summed E-state index contributed by atoms with van der Waals surface area (Å²) in [5.74, 6) is 0. The number of nitrogens with zero attached hydrogens (tertiary/aromatic N) is 1. The zero-order valence-electron chi connectivity index (χ0n) is 13.2. The molecule has 0 radical (unpaired) electrons. The molecule has 0 spiro atoms. The molecular formula is C19H24N2. The topological polar surface area (TPSA) is 15.3 Å². The Morgan fingerprint density at radius 1 is 1.05 bits per heavy atom. The first-order valence-electron chi connectivity index (χ1n) is 7.71. The van der Waals surface area contributed by atoms with Crippen molar-refractivity contribution in [2.45, 2.75) is 33.0 Å². The van der Waals surface area contributed by atoms with E-state index >= 15 is 0 Å². The lowest BCUT2D eigenvalue weighted by Crippen LogP contribution is -2.31. The van der Waals surface area contributed by atoms with Crippen molar-refractivity contribution in [3.63, 3.8) is 0 Å². The summed E-state index contributed by atoms with van der Waals surface area (Å²) in [6.45, 7) is 7.56. The van der Waals surface area contributed by atoms with Crippen LogP contribution in [0, 0.1) is 13.8 Å². The quantitative estimate of drug-likeness (QED) is 0.921. The lowest BCUT2D eigenvalue weighted by atomic mass is 9.99. The highest BCUT2D eigenvalue weighted by Gasteiger charge is 2.22. The summed E-state index contributed by atoms with van der Waals surface area (Å²) in [5.41, 5.74) is 7.09. The maximum absolute atomic E-state index is 3.49. The number of hydrogen-bond donors (Lipinski definition) is 1. The van der Waals surface area contributed by atoms with Crippen LogP contribution in [0.15, 0.2) is 42.5 Å². The molecule has 1 unspecified atom stereocenters. The molecule has 110 valence electrons. The molecule has 0 fully saturated rings. The maximum Gasteiger partial charge on any atom is 0.0449 e. The van der Waals surface area contributed by atoms with E-state index in [0.29, 0.717) is 6.04 Å². The molecule has 1 N–H and O–H groups in total. The van der Waals surface area contributed by atoms with E-state index < -0.39 is 0 Å². The van der Waals surface area contributed by atoms with Gasteiger partial charge in [-0.05, 0) is 43.1 Å². The van der Waals surface area contributed by atoms with Crippen LogP contribution in [-0.2, 0) is 13.1 Å². The molecule has 1 atom stereocenters. The van der Waals surface area contributed by atoms with Crippen molar-refractivity contribution < 1.29 is 0 Å². The monoisotopic (exact) mass is 280 g/mol. The molecule has 0 saturated carbocycles. The molecule has 3 rings (SSSR count). The Morgan fingerprint density at radius 3 is 2.29 bits per heavy atom. The summed E-state index contributed by atoms with van der Waals surface area (Å²) in [6.07, 6.45) is 0. The van der Waals surface area contributed by atoms with E-state index in [1.165, 1.54) is 27.8 Å². The minimum Gasteiger partial charge on any atom is -0.312 e. The summed E-state index contributed by atoms with van der Waals surface area (Å²) in [6, 6.07) is 15.9. The molecule has 0 aromatic heterocycles. The van der Waals surface area contributed by atoms with Gasteiger partial charge in [0.05, 0.1) is 0 Å². The Labute approximate surface area is 127 Å². The summed E-state index contributed by atoms with van der Waals surface area (Å²) in [7, 11) is 2.06. The van der Waals surface area contributed by atoms with Crippen molar-refractivity contribution in [3.05, 3.63) is 70.3 Å². The molecule has 0 amide bonds. The first-order chi connectivity index (χ1) is 10.2. The minimum absolute atomic E-state index is 0.389. The van der Waals surface area contributed by atoms with Gasteiger partial charge in [-0.2, -0.15) is 0 Å². The van der Waals surface area contributed by atoms with Gasteiger partial charge in [-0.3, -0.25) is 4.90 Å². The smallest absolute Gasteiger partial charge is 0.0449 e. The van der Waals surface area contributed by atoms with E-state index in [9.17, 15) is 0 Å². The first-order valence-corrected chi connectivity index (χ1v) is 7.71. The average molecular weight is 280 g/mol. The largest absolute Gasteiger partial charge is 0.312 e. The highest BCUT2D eigenvalue weighted by molar-refractivity contribution is 5.34. The minimum atomic E-state index is 0.389. The summed E-state index contributed by atoms with van der Waals surface area (Å²) < 4.78 is 0. The number of nitrogens with one attached hydrogen (secondary N) is 1. The predicted octanol–water partition coefficient (Wildman–Crippen LogP) is 3.58. The van der Waals surface area contributed by atoms with Crippen LogP contribution >= 0.6 is 0 Å². The lowest BCUT2D eigenvalue weighted by Gasteiger charge is -2.25. The highest BCUT2D eigenvalue weighted by Crippen LogP contribution is 2.26. The van der Waals surface area contributed by atoms with Crippen LogP contribution in [0.2, 0.25) is 0 Å². The molecular weight excluding hydrogens is 256 g/mol. The summed E-state index contributed by atoms with van der Waals surface area (Å²) in [4.78, 5) is 2.53. The molecule has 0 saturated heterocycles. The van der Waals surface area contributed by atoms with Crippen molar-refractivity contribution in [1.29, 1.82) is 0 Å². The van der Waals surface area contributed by atoms with E-state index in [1.807, 2.05) is 0 Å². The third kappa shape index (κ3) is 3.02. The standard InChI is InChI=1S/C19H24N2/c1-14-8-9-18(15(2)10-14)19(20-3)13-21-11-16-6-4-5-7-17(16)12-21/h4-10,19-20H,11-13H2,1-3H3. The molecule has 1 heterocycles. The van der Waals surface area contributed by atoms with Gasteiger partial charge in [0.15, 0.2) is 0 Å². The number of benzene rings is 2. The summed E-state index contributed by atoms with van der Waals surface area (Å²) in [5, 5.41) is 3.49. The average Bonchev–Trinajstić information content (AvgIpc) is 2.87. The van der Waals surface area contributed by atoms with Gasteiger partial charge in [-0.25, -0.2) is 0 Å². The van der Waals surface area contributed by atoms with Crippen molar-refractivity contribution in [3.8, 4) is 0 Å². The second kappa shape index (κ2) is 6.00. The van der Waals surface area contributed by atoms with Crippen LogP contribution in [0.3, 0.4) is 0 Å². The van der Waals surface area contributed by atoms with E-state index in [2.05, 4.69) is 73.6 Å². The van der Waals surface area contributed by atoms with Gasteiger partial charge in [-0.15, -0.1) is 0 Å². The van der Waals surface area contributed by atoms with Crippen molar-refractivity contribution in [2.24, 2.45) is 0 Å². The Bertz CT molecular complexity index is 608. The van der Waals surface area contributed by atoms with Crippen LogP contribution in [0.25, 0.3) is 0 Å². The van der Waals surface area contributed by atoms with Crippen LogP contribution in [0.1, 0.15) is 33.9 Å². The van der Waals surface area contributed by atoms with E-state index in [1.54, 1.807) is 0 Å². The fourth-order valence-electron chi connectivity index (χ4n) is 3.35. The van der Waals surface area contributed by atoms with Gasteiger partial charge in [0.2, 0.25) is 0 Å². The molecule has 1 aliphatic heterocycles. The third-order valence-electron chi connectivity index (χ3n) is 4.50. The second-order valence-electron chi connectivity index (χ2n) is 6.14. The van der Waals surface area contributed by atoms with Crippen molar-refractivity contribution in [1.82, 2.24) is 10.2 Å². The Hall–Kier alpha value is -1.64. The number of likely N-dealkylation sites (N-methyl/N-ethyl adjacent to an activating group) is 1. The third-order valence-corrected chi connectivity index (χ3v) is 4.50. The fourth-order valence-corrected chi connectivity index (χ4v) is 3.35. The van der Waals surface area contributed by atoms with Gasteiger partial charge >= 0.3 is 0 Å². The van der Waals surface area contributed by atoms with Crippen LogP contribution in [0.5, 0.6) is 0 Å². The van der Waals surface area contributed by atoms with Crippen LogP contribution < -0.4 is 5.32 Å². The molecule has 2 heteroatoms. The summed E-state index contributed by atoms with van der Waals surface area (Å²) >= 11 is 0. The van der Waals surface area contributed by atoms with Crippen molar-refractivity contribution >= 4 is 0 Å². The molecule has 0 aliphatic carbocycles. The predicted molar refractivity (Wildman–Crippen MR) is 88.3 cm³/mol. The molecule has 0 bridgehead atoms. The van der Waals surface area contributed by atoms with Crippen molar-refractivity contribution in [2.75, 3.05) is 13.6 Å². The van der Waals surface area contributed by atoms with Crippen LogP contribution in [-0.4, -0.2) is 18.5 Å². The number of rotatable bonds is 4. The van der Waals surface area contributed by atoms with Crippen LogP contribution in [0.4, 0.5) is 0 Å². The zero-order valence-corrected chi connectivity index (χ0v) is 13.2. The van der Waals surface area contributed by atoms with Gasteiger partial charge in [0.25, 0.3) is 0 Å². The molecule has 2 aromatic carbocycles. The lowest BCUT2D eigenvalue weighted by molar-refractivity contribution is 0.253. The molecule has 1 aliphatic rings. The Morgan fingerprint density at radius 2 is 1.71 bits per heavy atom. The number of aryl methyl sites for hydroxylation is 2. The zero-order chi connectivity index (χ0) is 14.8. The first kappa shape index (κ1) is 14.3. The SMILES string of the molecule is CNC(CN1Cc2ccccc2C1)c1ccc(C)cc1C. The number of hydrogen-bond acceptors (Lipinski definition) is 2. The van der Waals surface area contributed by atoms with E-state index in [0.717, 1.165) is 19.6 Å². The van der Waals surface area contributed by atoms with Gasteiger partial charge in [0.1, 0.15) is 0 Å². The van der Waals surface area contributed by atoms with Gasteiger partial charge in [-0.1, -0.05) is 48.0 Å². The fraction of sp³-hybridized carbons (Fsp3) is 0.368. The normalized spacial score (nSPS) is 16.0. The molecule has 2 aromatic rings. The molecule has 2 nitrogen and oxygen atoms in total. The second-order valence-corrected chi connectivity index (χ2v) is 6.14. The van der Waals surface area contributed by atoms with Gasteiger partial charge in [0, 0.05) is 25.7 Å². The maximum atomic E-state index is 3.49. The highest BCUT2D eigenvalue weighted by atomic mass is 15.2.